The highest BCUT2D eigenvalue weighted by atomic mass is 32.2. The Bertz CT molecular complexity index is 1250. The van der Waals surface area contributed by atoms with Crippen LogP contribution in [0.2, 0.25) is 0 Å². The number of rotatable bonds is 10. The van der Waals surface area contributed by atoms with Crippen LogP contribution in [0.15, 0.2) is 78.5 Å². The second-order valence-electron chi connectivity index (χ2n) is 9.00. The smallest absolute Gasteiger partial charge is 0.274 e. The molecule has 3 aromatic rings. The Balaban J connectivity index is 1.36. The number of carbonyl (C=O) groups is 1. The molecule has 7 nitrogen and oxygen atoms in total. The molecule has 3 aromatic heterocycles. The monoisotopic (exact) mass is 486 g/mol. The standard InChI is InChI=1S/C27H30N6OS/c1-18(2)16-35-25-11-8-22(15-29-25)21-12-13-28-24(14-21)27(34)31-20(4)7-5-6-19(3)26-32-30-17-33(26)23-9-10-23/h5-8,11-15,17-18,23H,4,9-10,16H2,1-3H3,(H,31,34)/b7-5-,19-6+. The number of hydrogen-bond donors (Lipinski definition) is 1. The summed E-state index contributed by atoms with van der Waals surface area (Å²) in [4.78, 5) is 21.5. The second kappa shape index (κ2) is 11.3. The molecule has 0 atom stereocenters. The fraction of sp³-hybridized carbons (Fsp3) is 0.296. The van der Waals surface area contributed by atoms with E-state index >= 15 is 0 Å². The first-order valence-corrected chi connectivity index (χ1v) is 12.7. The Morgan fingerprint density at radius 1 is 1.26 bits per heavy atom. The Morgan fingerprint density at radius 3 is 2.80 bits per heavy atom. The minimum atomic E-state index is -0.312. The topological polar surface area (TPSA) is 85.6 Å². The molecule has 0 aliphatic heterocycles. The zero-order valence-corrected chi connectivity index (χ0v) is 21.1. The molecule has 0 aromatic carbocycles. The summed E-state index contributed by atoms with van der Waals surface area (Å²) >= 11 is 1.74. The summed E-state index contributed by atoms with van der Waals surface area (Å²) in [5.41, 5.74) is 3.62. The Kier molecular flexibility index (Phi) is 7.92. The first-order chi connectivity index (χ1) is 16.9. The van der Waals surface area contributed by atoms with Gasteiger partial charge in [-0.3, -0.25) is 9.78 Å². The molecule has 4 rings (SSSR count). The van der Waals surface area contributed by atoms with Gasteiger partial charge in [0.1, 0.15) is 12.0 Å². The molecular formula is C27H30N6OS. The Morgan fingerprint density at radius 2 is 2.09 bits per heavy atom. The third kappa shape index (κ3) is 6.76. The van der Waals surface area contributed by atoms with Crippen LogP contribution in [0.4, 0.5) is 0 Å². The van der Waals surface area contributed by atoms with Crippen molar-refractivity contribution in [2.24, 2.45) is 5.92 Å². The van der Waals surface area contributed by atoms with Crippen LogP contribution in [0.3, 0.4) is 0 Å². The van der Waals surface area contributed by atoms with Crippen LogP contribution < -0.4 is 5.32 Å². The fourth-order valence-corrected chi connectivity index (χ4v) is 4.20. The van der Waals surface area contributed by atoms with E-state index in [0.717, 1.165) is 33.3 Å². The molecule has 1 aliphatic carbocycles. The number of nitrogens with zero attached hydrogens (tertiary/aromatic N) is 5. The summed E-state index contributed by atoms with van der Waals surface area (Å²) in [6.45, 7) is 10.3. The highest BCUT2D eigenvalue weighted by molar-refractivity contribution is 7.99. The highest BCUT2D eigenvalue weighted by Gasteiger charge is 2.26. The third-order valence-corrected chi connectivity index (χ3v) is 6.78. The van der Waals surface area contributed by atoms with Crippen LogP contribution in [-0.2, 0) is 0 Å². The van der Waals surface area contributed by atoms with E-state index in [-0.39, 0.29) is 5.91 Å². The zero-order valence-electron chi connectivity index (χ0n) is 20.3. The largest absolute Gasteiger partial charge is 0.321 e. The van der Waals surface area contributed by atoms with E-state index < -0.39 is 0 Å². The molecule has 0 bridgehead atoms. The molecule has 0 spiro atoms. The molecule has 1 aliphatic rings. The van der Waals surface area contributed by atoms with Crippen LogP contribution in [0, 0.1) is 5.92 Å². The van der Waals surface area contributed by atoms with Crippen LogP contribution in [0.25, 0.3) is 16.7 Å². The third-order valence-electron chi connectivity index (χ3n) is 5.41. The molecule has 1 saturated carbocycles. The number of carbonyl (C=O) groups excluding carboxylic acids is 1. The molecule has 0 radical (unpaired) electrons. The predicted molar refractivity (Wildman–Crippen MR) is 141 cm³/mol. The average molecular weight is 487 g/mol. The van der Waals surface area contributed by atoms with Gasteiger partial charge in [0.05, 0.1) is 5.03 Å². The minimum Gasteiger partial charge on any atom is -0.321 e. The molecular weight excluding hydrogens is 456 g/mol. The summed E-state index contributed by atoms with van der Waals surface area (Å²) in [6, 6.07) is 8.18. The van der Waals surface area contributed by atoms with Crippen molar-refractivity contribution in [3.63, 3.8) is 0 Å². The number of aromatic nitrogens is 5. The molecule has 0 saturated heterocycles. The maximum Gasteiger partial charge on any atom is 0.274 e. The van der Waals surface area contributed by atoms with Crippen LogP contribution in [0.5, 0.6) is 0 Å². The van der Waals surface area contributed by atoms with E-state index in [2.05, 4.69) is 50.5 Å². The molecule has 0 unspecified atom stereocenters. The zero-order chi connectivity index (χ0) is 24.8. The Labute approximate surface area is 210 Å². The van der Waals surface area contributed by atoms with Gasteiger partial charge < -0.3 is 9.88 Å². The summed E-state index contributed by atoms with van der Waals surface area (Å²) in [7, 11) is 0. The summed E-state index contributed by atoms with van der Waals surface area (Å²) in [5, 5.41) is 12.0. The number of thioether (sulfide) groups is 1. The van der Waals surface area contributed by atoms with Gasteiger partial charge in [-0.15, -0.1) is 22.0 Å². The van der Waals surface area contributed by atoms with Gasteiger partial charge in [0.25, 0.3) is 5.91 Å². The number of amides is 1. The number of allylic oxidation sites excluding steroid dienone is 4. The van der Waals surface area contributed by atoms with E-state index in [4.69, 9.17) is 0 Å². The van der Waals surface area contributed by atoms with E-state index in [1.165, 1.54) is 12.8 Å². The number of hydrogen-bond acceptors (Lipinski definition) is 6. The lowest BCUT2D eigenvalue weighted by molar-refractivity contribution is 0.0962. The number of nitrogens with one attached hydrogen (secondary N) is 1. The van der Waals surface area contributed by atoms with E-state index in [9.17, 15) is 4.79 Å². The molecule has 3 heterocycles. The lowest BCUT2D eigenvalue weighted by Crippen LogP contribution is -2.22. The summed E-state index contributed by atoms with van der Waals surface area (Å²) in [5.74, 6) is 2.20. The predicted octanol–water partition coefficient (Wildman–Crippen LogP) is 5.72. The van der Waals surface area contributed by atoms with Crippen molar-refractivity contribution in [2.75, 3.05) is 5.75 Å². The van der Waals surface area contributed by atoms with Gasteiger partial charge in [-0.2, -0.15) is 0 Å². The summed E-state index contributed by atoms with van der Waals surface area (Å²) in [6.07, 6.45) is 13.1. The van der Waals surface area contributed by atoms with Gasteiger partial charge in [0.15, 0.2) is 5.82 Å². The van der Waals surface area contributed by atoms with Crippen molar-refractivity contribution in [2.45, 2.75) is 44.7 Å². The van der Waals surface area contributed by atoms with Crippen LogP contribution in [-0.4, -0.2) is 36.4 Å². The highest BCUT2D eigenvalue weighted by Crippen LogP contribution is 2.36. The van der Waals surface area contributed by atoms with Crippen molar-refractivity contribution in [3.05, 3.63) is 85.0 Å². The first-order valence-electron chi connectivity index (χ1n) is 11.7. The second-order valence-corrected chi connectivity index (χ2v) is 10.0. The van der Waals surface area contributed by atoms with E-state index in [0.29, 0.717) is 23.4 Å². The van der Waals surface area contributed by atoms with Gasteiger partial charge >= 0.3 is 0 Å². The maximum atomic E-state index is 12.7. The van der Waals surface area contributed by atoms with Crippen molar-refractivity contribution in [1.82, 2.24) is 30.0 Å². The van der Waals surface area contributed by atoms with E-state index in [1.54, 1.807) is 36.4 Å². The van der Waals surface area contributed by atoms with Gasteiger partial charge in [0, 0.05) is 35.4 Å². The van der Waals surface area contributed by atoms with Crippen molar-refractivity contribution < 1.29 is 4.79 Å². The lowest BCUT2D eigenvalue weighted by atomic mass is 10.1. The van der Waals surface area contributed by atoms with Gasteiger partial charge in [-0.25, -0.2) is 4.98 Å². The molecule has 1 amide bonds. The normalized spacial score (nSPS) is 14.0. The maximum absolute atomic E-state index is 12.7. The molecule has 180 valence electrons. The molecule has 1 N–H and O–H groups in total. The number of pyridine rings is 2. The molecule has 35 heavy (non-hydrogen) atoms. The van der Waals surface area contributed by atoms with Crippen molar-refractivity contribution >= 4 is 23.2 Å². The first kappa shape index (κ1) is 24.6. The fourth-order valence-electron chi connectivity index (χ4n) is 3.40. The van der Waals surface area contributed by atoms with Gasteiger partial charge in [0.2, 0.25) is 0 Å². The van der Waals surface area contributed by atoms with Gasteiger partial charge in [-0.05, 0) is 61.1 Å². The lowest BCUT2D eigenvalue weighted by Gasteiger charge is -2.07. The average Bonchev–Trinajstić information content (AvgIpc) is 3.58. The van der Waals surface area contributed by atoms with Crippen molar-refractivity contribution in [1.29, 1.82) is 0 Å². The van der Waals surface area contributed by atoms with Crippen LogP contribution in [0.1, 0.15) is 56.0 Å². The molecule has 8 heteroatoms. The van der Waals surface area contributed by atoms with Crippen molar-refractivity contribution in [3.8, 4) is 11.1 Å². The SMILES string of the molecule is C=C(/C=C\C=C(/C)c1nncn1C1CC1)NC(=O)c1cc(-c2ccc(SCC(C)C)nc2)ccn1. The quantitative estimate of drug-likeness (QED) is 0.291. The van der Waals surface area contributed by atoms with Gasteiger partial charge in [-0.1, -0.05) is 38.6 Å². The Hall–Kier alpha value is -3.52. The molecule has 1 fully saturated rings. The van der Waals surface area contributed by atoms with Crippen LogP contribution >= 0.6 is 11.8 Å². The minimum absolute atomic E-state index is 0.312. The summed E-state index contributed by atoms with van der Waals surface area (Å²) < 4.78 is 2.11. The van der Waals surface area contributed by atoms with E-state index in [1.807, 2.05) is 43.5 Å².